The second kappa shape index (κ2) is 9.67. The quantitative estimate of drug-likeness (QED) is 0.473. The number of terminal acetylenes is 1. The number of anilines is 1. The van der Waals surface area contributed by atoms with Crippen LogP contribution >= 0.6 is 0 Å². The van der Waals surface area contributed by atoms with E-state index in [9.17, 15) is 14.3 Å². The Labute approximate surface area is 192 Å². The molecule has 1 aliphatic heterocycles. The molecular formula is C23H31FN6O3. The Morgan fingerprint density at radius 2 is 2.18 bits per heavy atom. The molecule has 1 fully saturated rings. The molecule has 2 atom stereocenters. The van der Waals surface area contributed by atoms with Crippen LogP contribution in [0.15, 0.2) is 12.1 Å². The van der Waals surface area contributed by atoms with Crippen molar-refractivity contribution in [2.75, 3.05) is 24.9 Å². The summed E-state index contributed by atoms with van der Waals surface area (Å²) < 4.78 is 20.8. The van der Waals surface area contributed by atoms with Gasteiger partial charge in [-0.1, -0.05) is 0 Å². The maximum Gasteiger partial charge on any atom is 0.254 e. The second-order valence-electron chi connectivity index (χ2n) is 8.53. The third kappa shape index (κ3) is 4.59. The molecule has 0 bridgehead atoms. The molecule has 4 rings (SSSR count). The molecule has 1 aromatic carbocycles. The topological polar surface area (TPSA) is 116 Å². The van der Waals surface area contributed by atoms with Gasteiger partial charge in [-0.2, -0.15) is 0 Å². The highest BCUT2D eigenvalue weighted by Gasteiger charge is 2.44. The Balaban J connectivity index is 0.00000149. The van der Waals surface area contributed by atoms with E-state index in [-0.39, 0.29) is 29.5 Å². The number of amides is 1. The van der Waals surface area contributed by atoms with Crippen LogP contribution in [-0.2, 0) is 4.79 Å². The monoisotopic (exact) mass is 458 g/mol. The molecule has 1 amide bonds. The molecule has 0 spiro atoms. The number of nitrogens with zero attached hydrogens (tertiary/aromatic N) is 3. The molecule has 2 aromatic rings. The molecule has 2 aliphatic rings. The maximum atomic E-state index is 14.2. The molecule has 1 saturated carbocycles. The molecule has 178 valence electrons. The van der Waals surface area contributed by atoms with Crippen molar-refractivity contribution < 1.29 is 19.0 Å². The number of hydrogen-bond donors (Lipinski definition) is 4. The standard InChI is InChI=1S/C21H29FN6O3.C2H2/c1-12(27(2)19(29)21(30)8-5-9-21)6-4-7-17-25-18-13-10-14(22)16(31-3)11-15(13)24-20(23)28(18)26-17;1-2/h10-12,17,23,25-26,30H,4-9H2,1-3H3;1-2H/t12-,17?;/m0./s1. The lowest BCUT2D eigenvalue weighted by atomic mass is 9.79. The predicted octanol–water partition coefficient (Wildman–Crippen LogP) is 2.14. The van der Waals surface area contributed by atoms with Crippen LogP contribution < -0.4 is 21.1 Å². The average molecular weight is 459 g/mol. The fourth-order valence-electron chi connectivity index (χ4n) is 4.19. The number of methoxy groups -OCH3 is 1. The number of rotatable bonds is 7. The molecule has 2 heterocycles. The second-order valence-corrected chi connectivity index (χ2v) is 8.53. The van der Waals surface area contributed by atoms with E-state index in [1.54, 1.807) is 11.9 Å². The normalized spacial score (nSPS) is 18.6. The first-order chi connectivity index (χ1) is 15.7. The zero-order valence-corrected chi connectivity index (χ0v) is 19.2. The van der Waals surface area contributed by atoms with Crippen molar-refractivity contribution >= 4 is 22.6 Å². The van der Waals surface area contributed by atoms with Crippen LogP contribution in [0, 0.1) is 24.1 Å². The van der Waals surface area contributed by atoms with E-state index in [2.05, 4.69) is 28.6 Å². The number of aromatic nitrogens is 2. The highest BCUT2D eigenvalue weighted by atomic mass is 19.1. The molecule has 9 nitrogen and oxygen atoms in total. The van der Waals surface area contributed by atoms with Gasteiger partial charge >= 0.3 is 0 Å². The number of benzene rings is 1. The minimum Gasteiger partial charge on any atom is -0.494 e. The molecular weight excluding hydrogens is 427 g/mol. The van der Waals surface area contributed by atoms with Gasteiger partial charge in [-0.15, -0.1) is 12.8 Å². The molecule has 10 heteroatoms. The van der Waals surface area contributed by atoms with Crippen molar-refractivity contribution in [2.24, 2.45) is 0 Å². The van der Waals surface area contributed by atoms with Gasteiger partial charge in [-0.05, 0) is 51.5 Å². The third-order valence-corrected chi connectivity index (χ3v) is 6.46. The zero-order valence-electron chi connectivity index (χ0n) is 19.2. The fraction of sp³-hybridized carbons (Fsp3) is 0.522. The zero-order chi connectivity index (χ0) is 24.3. The molecule has 33 heavy (non-hydrogen) atoms. The molecule has 4 N–H and O–H groups in total. The predicted molar refractivity (Wildman–Crippen MR) is 124 cm³/mol. The number of carbonyl (C=O) groups excluding carboxylic acids is 1. The summed E-state index contributed by atoms with van der Waals surface area (Å²) in [5, 5.41) is 22.4. The van der Waals surface area contributed by atoms with E-state index < -0.39 is 11.4 Å². The average Bonchev–Trinajstić information content (AvgIpc) is 3.23. The summed E-state index contributed by atoms with van der Waals surface area (Å²) in [7, 11) is 3.14. The first-order valence-corrected chi connectivity index (χ1v) is 10.9. The Kier molecular flexibility index (Phi) is 7.12. The Hall–Kier alpha value is -3.32. The van der Waals surface area contributed by atoms with Gasteiger partial charge in [0, 0.05) is 24.5 Å². The van der Waals surface area contributed by atoms with Gasteiger partial charge in [0.05, 0.1) is 12.6 Å². The minimum atomic E-state index is -1.17. The number of aliphatic hydroxyl groups is 1. The summed E-state index contributed by atoms with van der Waals surface area (Å²) in [4.78, 5) is 18.4. The van der Waals surface area contributed by atoms with Gasteiger partial charge in [0.15, 0.2) is 11.6 Å². The number of ether oxygens (including phenoxy) is 1. The number of halogens is 1. The number of carbonyl (C=O) groups is 1. The van der Waals surface area contributed by atoms with E-state index in [4.69, 9.17) is 10.1 Å². The van der Waals surface area contributed by atoms with E-state index in [0.717, 1.165) is 25.7 Å². The summed E-state index contributed by atoms with van der Waals surface area (Å²) in [5.41, 5.74) is 2.51. The first-order valence-electron chi connectivity index (χ1n) is 10.9. The Morgan fingerprint density at radius 1 is 1.48 bits per heavy atom. The third-order valence-electron chi connectivity index (χ3n) is 6.46. The van der Waals surface area contributed by atoms with Crippen molar-refractivity contribution in [3.05, 3.63) is 23.6 Å². The number of fused-ring (bicyclic) bond motifs is 3. The molecule has 1 unspecified atom stereocenters. The number of nitrogens with one attached hydrogen (secondary N) is 3. The number of hydrogen-bond acceptors (Lipinski definition) is 7. The van der Waals surface area contributed by atoms with Gasteiger partial charge in [0.25, 0.3) is 5.91 Å². The summed E-state index contributed by atoms with van der Waals surface area (Å²) in [6, 6.07) is 2.85. The lowest BCUT2D eigenvalue weighted by molar-refractivity contribution is -0.161. The van der Waals surface area contributed by atoms with Gasteiger partial charge in [-0.3, -0.25) is 15.6 Å². The van der Waals surface area contributed by atoms with Crippen LogP contribution in [0.25, 0.3) is 10.9 Å². The summed E-state index contributed by atoms with van der Waals surface area (Å²) in [5.74, 6) is -0.00225. The summed E-state index contributed by atoms with van der Waals surface area (Å²) in [6.45, 7) is 1.98. The molecule has 1 aromatic heterocycles. The van der Waals surface area contributed by atoms with Gasteiger partial charge < -0.3 is 20.1 Å². The van der Waals surface area contributed by atoms with Crippen molar-refractivity contribution in [1.82, 2.24) is 14.6 Å². The lowest BCUT2D eigenvalue weighted by Crippen LogP contribution is -2.54. The maximum absolute atomic E-state index is 14.2. The van der Waals surface area contributed by atoms with Crippen molar-refractivity contribution in [2.45, 2.75) is 63.3 Å². The SMILES string of the molecule is C#C.COc1cc2nc(=N)n3c(c2cc1F)NC(CCC[C@H](C)N(C)C(=O)C1(O)CCC1)N3. The van der Waals surface area contributed by atoms with E-state index in [1.807, 2.05) is 6.92 Å². The molecule has 0 saturated heterocycles. The summed E-state index contributed by atoms with van der Waals surface area (Å²) in [6.07, 6.45) is 12.1. The van der Waals surface area contributed by atoms with Gasteiger partial charge in [-0.25, -0.2) is 14.1 Å². The van der Waals surface area contributed by atoms with Crippen LogP contribution in [0.3, 0.4) is 0 Å². The minimum absolute atomic E-state index is 0.00403. The van der Waals surface area contributed by atoms with Crippen LogP contribution in [0.2, 0.25) is 0 Å². The van der Waals surface area contributed by atoms with E-state index in [1.165, 1.54) is 23.9 Å². The first kappa shape index (κ1) is 24.3. The highest BCUT2D eigenvalue weighted by molar-refractivity contribution is 5.91. The number of likely N-dealkylation sites (N-methyl/N-ethyl adjacent to an activating group) is 1. The Morgan fingerprint density at radius 3 is 2.79 bits per heavy atom. The van der Waals surface area contributed by atoms with Crippen LogP contribution in [0.4, 0.5) is 10.2 Å². The van der Waals surface area contributed by atoms with Crippen LogP contribution in [0.5, 0.6) is 5.75 Å². The van der Waals surface area contributed by atoms with Gasteiger partial charge in [0.1, 0.15) is 17.6 Å². The van der Waals surface area contributed by atoms with E-state index in [0.29, 0.717) is 29.6 Å². The molecule has 0 radical (unpaired) electrons. The van der Waals surface area contributed by atoms with E-state index >= 15 is 0 Å². The largest absolute Gasteiger partial charge is 0.494 e. The lowest BCUT2D eigenvalue weighted by Gasteiger charge is -2.39. The van der Waals surface area contributed by atoms with Crippen molar-refractivity contribution in [3.8, 4) is 18.6 Å². The molecule has 1 aliphatic carbocycles. The fourth-order valence-corrected chi connectivity index (χ4v) is 4.19. The van der Waals surface area contributed by atoms with Crippen molar-refractivity contribution in [3.63, 3.8) is 0 Å². The highest BCUT2D eigenvalue weighted by Crippen LogP contribution is 2.34. The smallest absolute Gasteiger partial charge is 0.254 e. The van der Waals surface area contributed by atoms with Crippen molar-refractivity contribution in [1.29, 1.82) is 5.41 Å². The Bertz CT molecular complexity index is 1110. The summed E-state index contributed by atoms with van der Waals surface area (Å²) >= 11 is 0. The van der Waals surface area contributed by atoms with Crippen LogP contribution in [-0.4, -0.2) is 57.5 Å². The van der Waals surface area contributed by atoms with Gasteiger partial charge in [0.2, 0.25) is 5.62 Å². The van der Waals surface area contributed by atoms with Crippen LogP contribution in [0.1, 0.15) is 45.4 Å².